The quantitative estimate of drug-likeness (QED) is 0.151. The number of hydrogen-bond donors (Lipinski definition) is 0. The fourth-order valence-corrected chi connectivity index (χ4v) is 13.1. The third-order valence-electron chi connectivity index (χ3n) is 16.2. The Kier molecular flexibility index (Phi) is 8.57. The number of benzene rings is 12. The van der Waals surface area contributed by atoms with E-state index in [9.17, 15) is 0 Å². The molecule has 2 atom stereocenters. The van der Waals surface area contributed by atoms with Crippen molar-refractivity contribution in [2.45, 2.75) is 12.0 Å². The van der Waals surface area contributed by atoms with Crippen LogP contribution in [0, 0.1) is 0 Å². The Labute approximate surface area is 422 Å². The maximum Gasteiger partial charge on any atom is 0.0629 e. The SMILES string of the molecule is C1=CC2c3ccccc3N(c3cccc(-c4cc(-c5cccc(-n6c7ccccc7c7ccccc76)c5)c5ccc6c(-c7cccc(-n8c9ccccc9c9ccccc98)c7)ccc7ccc4c5c76)c3)C2C=C1. The van der Waals surface area contributed by atoms with Crippen LogP contribution in [0.5, 0.6) is 0 Å². The van der Waals surface area contributed by atoms with Gasteiger partial charge in [0.1, 0.15) is 0 Å². The van der Waals surface area contributed by atoms with Crippen LogP contribution in [0.4, 0.5) is 11.4 Å². The van der Waals surface area contributed by atoms with E-state index in [1.54, 1.807) is 0 Å². The number of anilines is 2. The second-order valence-electron chi connectivity index (χ2n) is 19.9. The molecule has 2 unspecified atom stereocenters. The lowest BCUT2D eigenvalue weighted by molar-refractivity contribution is 0.745. The number of hydrogen-bond acceptors (Lipinski definition) is 1. The lowest BCUT2D eigenvalue weighted by Gasteiger charge is -2.29. The Morgan fingerprint density at radius 1 is 0.301 bits per heavy atom. The predicted octanol–water partition coefficient (Wildman–Crippen LogP) is 18.5. The molecule has 0 fully saturated rings. The Balaban J connectivity index is 0.931. The highest BCUT2D eigenvalue weighted by Gasteiger charge is 2.37. The number of aromatic nitrogens is 2. The summed E-state index contributed by atoms with van der Waals surface area (Å²) in [5.74, 6) is 0.310. The Hall–Kier alpha value is -9.44. The van der Waals surface area contributed by atoms with E-state index in [1.807, 2.05) is 0 Å². The molecule has 3 heterocycles. The molecule has 16 rings (SSSR count). The van der Waals surface area contributed by atoms with Gasteiger partial charge in [-0.2, -0.15) is 0 Å². The van der Waals surface area contributed by atoms with Crippen LogP contribution in [-0.2, 0) is 0 Å². The summed E-state index contributed by atoms with van der Waals surface area (Å²) in [5, 5.41) is 12.6. The van der Waals surface area contributed by atoms with Crippen LogP contribution in [0.2, 0.25) is 0 Å². The van der Waals surface area contributed by atoms with E-state index in [1.165, 1.54) is 126 Å². The van der Waals surface area contributed by atoms with Gasteiger partial charge in [0.25, 0.3) is 0 Å². The minimum absolute atomic E-state index is 0.213. The van der Waals surface area contributed by atoms with Crippen molar-refractivity contribution in [1.82, 2.24) is 9.13 Å². The molecule has 2 aromatic heterocycles. The average Bonchev–Trinajstić information content (AvgIpc) is 4.10. The molecule has 1 aliphatic heterocycles. The second-order valence-corrected chi connectivity index (χ2v) is 19.9. The van der Waals surface area contributed by atoms with E-state index in [0.717, 1.165) is 11.4 Å². The van der Waals surface area contributed by atoms with Gasteiger partial charge in [0.05, 0.1) is 28.1 Å². The van der Waals surface area contributed by atoms with Crippen molar-refractivity contribution in [3.63, 3.8) is 0 Å². The van der Waals surface area contributed by atoms with E-state index in [4.69, 9.17) is 0 Å². The smallest absolute Gasteiger partial charge is 0.0629 e. The van der Waals surface area contributed by atoms with E-state index in [0.29, 0.717) is 5.92 Å². The van der Waals surface area contributed by atoms with Gasteiger partial charge in [-0.1, -0.05) is 188 Å². The summed E-state index contributed by atoms with van der Waals surface area (Å²) >= 11 is 0. The van der Waals surface area contributed by atoms with E-state index < -0.39 is 0 Å². The topological polar surface area (TPSA) is 13.1 Å². The Morgan fingerprint density at radius 3 is 1.34 bits per heavy atom. The molecular formula is C70H45N3. The third kappa shape index (κ3) is 5.88. The molecule has 14 aromatic rings. The second kappa shape index (κ2) is 15.5. The largest absolute Gasteiger partial charge is 0.333 e. The highest BCUT2D eigenvalue weighted by Crippen LogP contribution is 2.50. The van der Waals surface area contributed by atoms with E-state index in [-0.39, 0.29) is 6.04 Å². The number of nitrogens with zero attached hydrogens (tertiary/aromatic N) is 3. The molecule has 12 aromatic carbocycles. The van der Waals surface area contributed by atoms with Gasteiger partial charge in [-0.05, 0) is 144 Å². The summed E-state index contributed by atoms with van der Waals surface area (Å²) in [5.41, 5.74) is 18.2. The summed E-state index contributed by atoms with van der Waals surface area (Å²) in [4.78, 5) is 2.55. The normalized spacial score (nSPS) is 15.3. The molecule has 0 N–H and O–H groups in total. The summed E-state index contributed by atoms with van der Waals surface area (Å²) < 4.78 is 4.86. The van der Waals surface area contributed by atoms with Crippen molar-refractivity contribution in [2.24, 2.45) is 0 Å². The molecule has 0 saturated carbocycles. The molecule has 73 heavy (non-hydrogen) atoms. The minimum Gasteiger partial charge on any atom is -0.333 e. The zero-order valence-electron chi connectivity index (χ0n) is 39.8. The number of para-hydroxylation sites is 5. The fraction of sp³-hybridized carbons (Fsp3) is 0.0286. The van der Waals surface area contributed by atoms with Gasteiger partial charge in [0, 0.05) is 50.2 Å². The van der Waals surface area contributed by atoms with Crippen molar-refractivity contribution in [1.29, 1.82) is 0 Å². The van der Waals surface area contributed by atoms with E-state index >= 15 is 0 Å². The standard InChI is InChI=1S/C70H45N3/c1-7-28-63-52(22-1)53-23-2-8-29-64(53)71(63)48-19-13-16-45(40-48)51-36-34-44-35-37-59-61(46-17-14-20-49(41-46)72-65-30-9-3-24-54(65)55-25-4-10-31-66(55)72)43-62(60-39-38-58(51)69(44)70(59)60)47-18-15-21-50(42-47)73-67-32-11-5-26-56(67)57-27-6-12-33-68(57)73/h1-43,54,65H. The van der Waals surface area contributed by atoms with Gasteiger partial charge in [-0.25, -0.2) is 0 Å². The first-order chi connectivity index (χ1) is 36.2. The third-order valence-corrected chi connectivity index (χ3v) is 16.2. The zero-order chi connectivity index (χ0) is 47.7. The molecule has 1 aliphatic carbocycles. The number of allylic oxidation sites excluding steroid dienone is 2. The van der Waals surface area contributed by atoms with E-state index in [2.05, 4.69) is 275 Å². The summed E-state index contributed by atoms with van der Waals surface area (Å²) in [6.45, 7) is 0. The maximum atomic E-state index is 2.55. The van der Waals surface area contributed by atoms with Crippen molar-refractivity contribution >= 4 is 87.3 Å². The van der Waals surface area contributed by atoms with Gasteiger partial charge in [0.15, 0.2) is 0 Å². The van der Waals surface area contributed by atoms with Crippen LogP contribution in [0.3, 0.4) is 0 Å². The Bertz CT molecular complexity index is 4550. The molecule has 0 saturated heterocycles. The molecule has 3 nitrogen and oxygen atoms in total. The van der Waals surface area contributed by atoms with Gasteiger partial charge in [0.2, 0.25) is 0 Å². The first-order valence-corrected chi connectivity index (χ1v) is 25.5. The van der Waals surface area contributed by atoms with Gasteiger partial charge >= 0.3 is 0 Å². The molecule has 340 valence electrons. The number of fused-ring (bicyclic) bond motifs is 9. The van der Waals surface area contributed by atoms with Crippen molar-refractivity contribution in [3.8, 4) is 44.8 Å². The molecule has 3 heteroatoms. The highest BCUT2D eigenvalue weighted by molar-refractivity contribution is 6.30. The van der Waals surface area contributed by atoms with Crippen molar-refractivity contribution < 1.29 is 0 Å². The predicted molar refractivity (Wildman–Crippen MR) is 309 cm³/mol. The molecular weight excluding hydrogens is 883 g/mol. The number of rotatable bonds is 6. The zero-order valence-corrected chi connectivity index (χ0v) is 39.8. The van der Waals surface area contributed by atoms with Crippen LogP contribution in [0.25, 0.3) is 121 Å². The minimum atomic E-state index is 0.213. The molecule has 0 spiro atoms. The van der Waals surface area contributed by atoms with Gasteiger partial charge in [-0.15, -0.1) is 0 Å². The fourth-order valence-electron chi connectivity index (χ4n) is 13.1. The molecule has 0 amide bonds. The van der Waals surface area contributed by atoms with Crippen LogP contribution < -0.4 is 4.90 Å². The summed E-state index contributed by atoms with van der Waals surface area (Å²) in [7, 11) is 0. The molecule has 2 aliphatic rings. The molecule has 0 bridgehead atoms. The lowest BCUT2D eigenvalue weighted by Crippen LogP contribution is -2.28. The summed E-state index contributed by atoms with van der Waals surface area (Å²) in [6.07, 6.45) is 9.14. The summed E-state index contributed by atoms with van der Waals surface area (Å²) in [6, 6.07) is 88.6. The lowest BCUT2D eigenvalue weighted by atomic mass is 9.84. The van der Waals surface area contributed by atoms with Crippen LogP contribution >= 0.6 is 0 Å². The van der Waals surface area contributed by atoms with Gasteiger partial charge in [-0.3, -0.25) is 0 Å². The van der Waals surface area contributed by atoms with Gasteiger partial charge < -0.3 is 14.0 Å². The van der Waals surface area contributed by atoms with Crippen molar-refractivity contribution in [3.05, 3.63) is 266 Å². The van der Waals surface area contributed by atoms with Crippen LogP contribution in [-0.4, -0.2) is 15.2 Å². The Morgan fingerprint density at radius 2 is 0.753 bits per heavy atom. The average molecular weight is 928 g/mol. The first kappa shape index (κ1) is 40.3. The first-order valence-electron chi connectivity index (χ1n) is 25.5. The molecule has 0 radical (unpaired) electrons. The van der Waals surface area contributed by atoms with Crippen molar-refractivity contribution in [2.75, 3.05) is 4.90 Å². The van der Waals surface area contributed by atoms with Crippen LogP contribution in [0.15, 0.2) is 261 Å². The maximum absolute atomic E-state index is 2.55. The van der Waals surface area contributed by atoms with Crippen LogP contribution in [0.1, 0.15) is 11.5 Å². The monoisotopic (exact) mass is 927 g/mol. The highest BCUT2D eigenvalue weighted by atomic mass is 15.2.